The Labute approximate surface area is 93.6 Å². The molecule has 0 aliphatic carbocycles. The molecule has 5 heteroatoms. The molecule has 0 saturated carbocycles. The van der Waals surface area contributed by atoms with Crippen LogP contribution in [0.4, 0.5) is 0 Å². The Balaban J connectivity index is 2.58. The molecule has 1 amide bonds. The molecule has 0 aromatic carbocycles. The van der Waals surface area contributed by atoms with Crippen molar-refractivity contribution in [2.24, 2.45) is 11.1 Å². The van der Waals surface area contributed by atoms with Crippen LogP contribution in [0.5, 0.6) is 0 Å². The quantitative estimate of drug-likeness (QED) is 0.729. The van der Waals surface area contributed by atoms with E-state index in [9.17, 15) is 4.79 Å². The van der Waals surface area contributed by atoms with E-state index in [0.717, 1.165) is 24.6 Å². The fourth-order valence-corrected chi connectivity index (χ4v) is 3.22. The molecular weight excluding hydrogens is 216 g/mol. The first-order chi connectivity index (χ1) is 6.58. The SMILES string of the molecule is CC(C)(CN)C(=O)N1CCSSCC1. The van der Waals surface area contributed by atoms with E-state index in [2.05, 4.69) is 0 Å². The average Bonchev–Trinajstić information content (AvgIpc) is 2.44. The van der Waals surface area contributed by atoms with Crippen LogP contribution in [0, 0.1) is 5.41 Å². The molecule has 1 aliphatic heterocycles. The van der Waals surface area contributed by atoms with E-state index < -0.39 is 5.41 Å². The first-order valence-corrected chi connectivity index (χ1v) is 7.30. The second-order valence-electron chi connectivity index (χ2n) is 4.02. The van der Waals surface area contributed by atoms with Crippen LogP contribution in [0.15, 0.2) is 0 Å². The molecule has 1 fully saturated rings. The number of nitrogens with zero attached hydrogens (tertiary/aromatic N) is 1. The Morgan fingerprint density at radius 3 is 2.29 bits per heavy atom. The first-order valence-electron chi connectivity index (χ1n) is 4.82. The molecule has 0 atom stereocenters. The maximum Gasteiger partial charge on any atom is 0.229 e. The third kappa shape index (κ3) is 3.07. The van der Waals surface area contributed by atoms with Crippen molar-refractivity contribution in [3.8, 4) is 0 Å². The summed E-state index contributed by atoms with van der Waals surface area (Å²) in [6, 6.07) is 0. The van der Waals surface area contributed by atoms with Crippen LogP contribution in [0.3, 0.4) is 0 Å². The molecule has 0 spiro atoms. The van der Waals surface area contributed by atoms with Gasteiger partial charge in [-0.05, 0) is 13.8 Å². The molecule has 1 heterocycles. The third-order valence-corrected chi connectivity index (χ3v) is 4.71. The third-order valence-electron chi connectivity index (χ3n) is 2.35. The predicted octanol–water partition coefficient (Wildman–Crippen LogP) is 1.19. The monoisotopic (exact) mass is 234 g/mol. The van der Waals surface area contributed by atoms with Gasteiger partial charge < -0.3 is 10.6 Å². The van der Waals surface area contributed by atoms with Gasteiger partial charge in [-0.25, -0.2) is 0 Å². The molecule has 0 aromatic rings. The van der Waals surface area contributed by atoms with Crippen molar-refractivity contribution in [3.05, 3.63) is 0 Å². The number of amides is 1. The van der Waals surface area contributed by atoms with E-state index in [4.69, 9.17) is 5.73 Å². The number of carbonyl (C=O) groups excluding carboxylic acids is 1. The smallest absolute Gasteiger partial charge is 0.229 e. The second kappa shape index (κ2) is 5.28. The standard InChI is InChI=1S/C9H18N2OS2/c1-9(2,7-10)8(12)11-3-5-13-14-6-4-11/h3-7,10H2,1-2H3. The van der Waals surface area contributed by atoms with Gasteiger partial charge in [0.1, 0.15) is 0 Å². The number of hydrogen-bond acceptors (Lipinski definition) is 4. The summed E-state index contributed by atoms with van der Waals surface area (Å²) in [7, 11) is 3.69. The van der Waals surface area contributed by atoms with Crippen molar-refractivity contribution in [2.45, 2.75) is 13.8 Å². The summed E-state index contributed by atoms with van der Waals surface area (Å²) in [5.74, 6) is 2.25. The van der Waals surface area contributed by atoms with Crippen LogP contribution in [-0.2, 0) is 4.79 Å². The molecule has 3 nitrogen and oxygen atoms in total. The minimum Gasteiger partial charge on any atom is -0.340 e. The van der Waals surface area contributed by atoms with E-state index >= 15 is 0 Å². The summed E-state index contributed by atoms with van der Waals surface area (Å²) < 4.78 is 0. The Hall–Kier alpha value is 0.130. The minimum atomic E-state index is -0.403. The molecule has 1 aliphatic rings. The van der Waals surface area contributed by atoms with Crippen molar-refractivity contribution in [2.75, 3.05) is 31.1 Å². The van der Waals surface area contributed by atoms with Crippen molar-refractivity contribution >= 4 is 27.5 Å². The highest BCUT2D eigenvalue weighted by molar-refractivity contribution is 8.76. The molecule has 0 unspecified atom stereocenters. The van der Waals surface area contributed by atoms with Crippen molar-refractivity contribution in [1.29, 1.82) is 0 Å². The number of hydrogen-bond donors (Lipinski definition) is 1. The normalized spacial score (nSPS) is 19.2. The summed E-state index contributed by atoms with van der Waals surface area (Å²) in [5, 5.41) is 0. The lowest BCUT2D eigenvalue weighted by molar-refractivity contribution is -0.139. The van der Waals surface area contributed by atoms with Gasteiger partial charge in [0, 0.05) is 31.1 Å². The fraction of sp³-hybridized carbons (Fsp3) is 0.889. The second-order valence-corrected chi connectivity index (χ2v) is 6.73. The van der Waals surface area contributed by atoms with Gasteiger partial charge in [-0.2, -0.15) is 0 Å². The van der Waals surface area contributed by atoms with Crippen LogP contribution >= 0.6 is 21.6 Å². The Kier molecular flexibility index (Phi) is 4.60. The van der Waals surface area contributed by atoms with Gasteiger partial charge in [0.05, 0.1) is 5.41 Å². The van der Waals surface area contributed by atoms with E-state index in [0.29, 0.717) is 6.54 Å². The lowest BCUT2D eigenvalue weighted by Gasteiger charge is -2.29. The molecule has 82 valence electrons. The zero-order valence-corrected chi connectivity index (χ0v) is 10.4. The minimum absolute atomic E-state index is 0.197. The molecule has 2 N–H and O–H groups in total. The van der Waals surface area contributed by atoms with Crippen LogP contribution in [0.2, 0.25) is 0 Å². The molecule has 0 radical (unpaired) electrons. The molecular formula is C9H18N2OS2. The number of carbonyl (C=O) groups is 1. The van der Waals surface area contributed by atoms with Crippen LogP contribution in [0.1, 0.15) is 13.8 Å². The summed E-state index contributed by atoms with van der Waals surface area (Å²) >= 11 is 0. The van der Waals surface area contributed by atoms with Crippen LogP contribution in [-0.4, -0.2) is 41.9 Å². The van der Waals surface area contributed by atoms with Crippen LogP contribution in [0.25, 0.3) is 0 Å². The Bertz CT molecular complexity index is 201. The van der Waals surface area contributed by atoms with Gasteiger partial charge in [0.25, 0.3) is 0 Å². The predicted molar refractivity (Wildman–Crippen MR) is 64.3 cm³/mol. The molecule has 14 heavy (non-hydrogen) atoms. The highest BCUT2D eigenvalue weighted by Gasteiger charge is 2.30. The highest BCUT2D eigenvalue weighted by atomic mass is 33.1. The van der Waals surface area contributed by atoms with Gasteiger partial charge in [-0.15, -0.1) is 0 Å². The Morgan fingerprint density at radius 2 is 1.86 bits per heavy atom. The largest absolute Gasteiger partial charge is 0.340 e. The van der Waals surface area contributed by atoms with Crippen molar-refractivity contribution in [1.82, 2.24) is 4.90 Å². The molecule has 0 aromatic heterocycles. The van der Waals surface area contributed by atoms with E-state index in [1.54, 1.807) is 0 Å². The number of rotatable bonds is 2. The van der Waals surface area contributed by atoms with Crippen molar-refractivity contribution in [3.63, 3.8) is 0 Å². The molecule has 0 bridgehead atoms. The summed E-state index contributed by atoms with van der Waals surface area (Å²) in [6.07, 6.45) is 0. The lowest BCUT2D eigenvalue weighted by Crippen LogP contribution is -2.45. The highest BCUT2D eigenvalue weighted by Crippen LogP contribution is 2.26. The van der Waals surface area contributed by atoms with Gasteiger partial charge in [0.2, 0.25) is 5.91 Å². The fourth-order valence-electron chi connectivity index (χ4n) is 1.24. The number of nitrogens with two attached hydrogens (primary N) is 1. The van der Waals surface area contributed by atoms with Gasteiger partial charge >= 0.3 is 0 Å². The van der Waals surface area contributed by atoms with E-state index in [-0.39, 0.29) is 5.91 Å². The molecule has 1 saturated heterocycles. The maximum atomic E-state index is 12.0. The zero-order chi connectivity index (χ0) is 10.6. The van der Waals surface area contributed by atoms with E-state index in [1.807, 2.05) is 40.3 Å². The van der Waals surface area contributed by atoms with Crippen molar-refractivity contribution < 1.29 is 4.79 Å². The average molecular weight is 234 g/mol. The van der Waals surface area contributed by atoms with Crippen LogP contribution < -0.4 is 5.73 Å². The zero-order valence-electron chi connectivity index (χ0n) is 8.78. The lowest BCUT2D eigenvalue weighted by atomic mass is 9.92. The summed E-state index contributed by atoms with van der Waals surface area (Å²) in [5.41, 5.74) is 5.19. The first kappa shape index (κ1) is 12.2. The summed E-state index contributed by atoms with van der Waals surface area (Å²) in [4.78, 5) is 14.0. The summed E-state index contributed by atoms with van der Waals surface area (Å²) in [6.45, 7) is 5.98. The molecule has 1 rings (SSSR count). The maximum absolute atomic E-state index is 12.0. The van der Waals surface area contributed by atoms with E-state index in [1.165, 1.54) is 0 Å². The Morgan fingerprint density at radius 1 is 1.36 bits per heavy atom. The van der Waals surface area contributed by atoms with Gasteiger partial charge in [-0.3, -0.25) is 4.79 Å². The van der Waals surface area contributed by atoms with Gasteiger partial charge in [-0.1, -0.05) is 21.6 Å². The van der Waals surface area contributed by atoms with Gasteiger partial charge in [0.15, 0.2) is 0 Å². The topological polar surface area (TPSA) is 46.3 Å².